The number of hydrogen-bond donors (Lipinski definition) is 1. The van der Waals surface area contributed by atoms with Crippen LogP contribution in [0, 0.1) is 5.82 Å². The van der Waals surface area contributed by atoms with E-state index in [0.717, 1.165) is 15.6 Å². The van der Waals surface area contributed by atoms with Gasteiger partial charge in [0.15, 0.2) is 0 Å². The van der Waals surface area contributed by atoms with Gasteiger partial charge in [-0.05, 0) is 47.6 Å². The molecule has 148 valence electrons. The molecule has 6 heteroatoms. The summed E-state index contributed by atoms with van der Waals surface area (Å²) in [7, 11) is 0. The molecule has 0 saturated carbocycles. The first-order valence-electron chi connectivity index (χ1n) is 9.49. The molecule has 4 nitrogen and oxygen atoms in total. The summed E-state index contributed by atoms with van der Waals surface area (Å²) in [6, 6.07) is 13.0. The molecule has 0 saturated heterocycles. The van der Waals surface area contributed by atoms with Crippen LogP contribution in [0.25, 0.3) is 5.70 Å². The maximum Gasteiger partial charge on any atom is 0.261 e. The normalized spacial score (nSPS) is 19.9. The van der Waals surface area contributed by atoms with Crippen molar-refractivity contribution in [2.24, 2.45) is 0 Å². The quantitative estimate of drug-likeness (QED) is 0.679. The number of fused-ring (bicyclic) bond motifs is 2. The van der Waals surface area contributed by atoms with Gasteiger partial charge in [0.2, 0.25) is 0 Å². The van der Waals surface area contributed by atoms with Gasteiger partial charge < -0.3 is 5.32 Å². The lowest BCUT2D eigenvalue weighted by Crippen LogP contribution is -2.38. The second kappa shape index (κ2) is 7.22. The van der Waals surface area contributed by atoms with Gasteiger partial charge in [0.05, 0.1) is 23.7 Å². The van der Waals surface area contributed by atoms with E-state index in [9.17, 15) is 14.0 Å². The molecule has 2 amide bonds. The van der Waals surface area contributed by atoms with Gasteiger partial charge in [-0.2, -0.15) is 0 Å². The summed E-state index contributed by atoms with van der Waals surface area (Å²) in [5, 5.41) is 3.45. The fourth-order valence-corrected chi connectivity index (χ4v) is 4.52. The Hall–Kier alpha value is -3.25. The van der Waals surface area contributed by atoms with E-state index >= 15 is 0 Å². The summed E-state index contributed by atoms with van der Waals surface area (Å²) in [5.41, 5.74) is 3.91. The van der Waals surface area contributed by atoms with E-state index in [1.165, 1.54) is 17.0 Å². The first-order chi connectivity index (χ1) is 14.5. The van der Waals surface area contributed by atoms with Crippen LogP contribution in [0.1, 0.15) is 26.3 Å². The van der Waals surface area contributed by atoms with Crippen LogP contribution in [-0.2, 0) is 0 Å². The molecule has 0 fully saturated rings. The van der Waals surface area contributed by atoms with Crippen LogP contribution in [-0.4, -0.2) is 29.3 Å². The third-order valence-corrected chi connectivity index (χ3v) is 6.15. The Balaban J connectivity index is 1.59. The van der Waals surface area contributed by atoms with Gasteiger partial charge in [0, 0.05) is 15.7 Å². The minimum atomic E-state index is -0.352. The topological polar surface area (TPSA) is 49.4 Å². The van der Waals surface area contributed by atoms with Crippen molar-refractivity contribution in [1.82, 2.24) is 10.2 Å². The number of allylic oxidation sites excluding steroid dienone is 2. The second-order valence-corrected chi connectivity index (χ2v) is 8.20. The number of amides is 2. The lowest BCUT2D eigenvalue weighted by molar-refractivity contribution is 0.0669. The van der Waals surface area contributed by atoms with Crippen molar-refractivity contribution in [2.75, 3.05) is 6.54 Å². The van der Waals surface area contributed by atoms with Crippen molar-refractivity contribution in [3.8, 4) is 0 Å². The summed E-state index contributed by atoms with van der Waals surface area (Å²) in [5.74, 6) is -0.986. The molecule has 0 bridgehead atoms. The fourth-order valence-electron chi connectivity index (χ4n) is 3.99. The molecule has 2 heterocycles. The average molecular weight is 463 g/mol. The molecular weight excluding hydrogens is 447 g/mol. The Kier molecular flexibility index (Phi) is 4.51. The van der Waals surface area contributed by atoms with E-state index < -0.39 is 0 Å². The van der Waals surface area contributed by atoms with Crippen LogP contribution in [0.5, 0.6) is 0 Å². The molecule has 2 aliphatic heterocycles. The molecule has 1 unspecified atom stereocenters. The van der Waals surface area contributed by atoms with Crippen LogP contribution in [0.4, 0.5) is 4.39 Å². The van der Waals surface area contributed by atoms with E-state index in [1.807, 2.05) is 30.4 Å². The zero-order chi connectivity index (χ0) is 20.8. The van der Waals surface area contributed by atoms with E-state index in [4.69, 9.17) is 0 Å². The largest absolute Gasteiger partial charge is 0.373 e. The molecule has 2 aromatic carbocycles. The smallest absolute Gasteiger partial charge is 0.261 e. The minimum Gasteiger partial charge on any atom is -0.373 e. The van der Waals surface area contributed by atoms with Crippen molar-refractivity contribution < 1.29 is 14.0 Å². The summed E-state index contributed by atoms with van der Waals surface area (Å²) in [4.78, 5) is 27.0. The summed E-state index contributed by atoms with van der Waals surface area (Å²) in [6.07, 6.45) is 7.83. The predicted octanol–water partition coefficient (Wildman–Crippen LogP) is 4.58. The third kappa shape index (κ3) is 3.04. The van der Waals surface area contributed by atoms with Gasteiger partial charge >= 0.3 is 0 Å². The molecule has 3 aliphatic rings. The first-order valence-corrected chi connectivity index (χ1v) is 10.3. The summed E-state index contributed by atoms with van der Waals surface area (Å²) >= 11 is 3.58. The van der Waals surface area contributed by atoms with Crippen molar-refractivity contribution in [3.63, 3.8) is 0 Å². The van der Waals surface area contributed by atoms with Gasteiger partial charge in [-0.1, -0.05) is 52.3 Å². The van der Waals surface area contributed by atoms with Crippen molar-refractivity contribution >= 4 is 33.4 Å². The summed E-state index contributed by atoms with van der Waals surface area (Å²) in [6.45, 7) is 0.0938. The lowest BCUT2D eigenvalue weighted by Gasteiger charge is -2.32. The Morgan fingerprint density at radius 3 is 2.47 bits per heavy atom. The maximum absolute atomic E-state index is 14.0. The van der Waals surface area contributed by atoms with Crippen LogP contribution in [0.2, 0.25) is 0 Å². The van der Waals surface area contributed by atoms with Gasteiger partial charge in [-0.15, -0.1) is 0 Å². The Bertz CT molecular complexity index is 1190. The number of carbonyl (C=O) groups is 2. The zero-order valence-electron chi connectivity index (χ0n) is 15.7. The van der Waals surface area contributed by atoms with E-state index in [0.29, 0.717) is 22.4 Å². The number of imide groups is 1. The molecular formula is C24H16BrFN2O2. The molecule has 0 radical (unpaired) electrons. The fraction of sp³-hybridized carbons (Fsp3) is 0.0833. The van der Waals surface area contributed by atoms with Crippen LogP contribution >= 0.6 is 15.9 Å². The van der Waals surface area contributed by atoms with Crippen LogP contribution in [0.3, 0.4) is 0 Å². The molecule has 2 aromatic rings. The highest BCUT2D eigenvalue weighted by atomic mass is 79.9. The van der Waals surface area contributed by atoms with Crippen LogP contribution < -0.4 is 5.32 Å². The lowest BCUT2D eigenvalue weighted by atomic mass is 9.92. The molecule has 1 N–H and O–H groups in total. The van der Waals surface area contributed by atoms with Crippen molar-refractivity contribution in [1.29, 1.82) is 0 Å². The standard InChI is InChI=1S/C24H16BrFN2O2/c25-20-10-4-6-14-11-16(21(27-22(14)20)15-5-3-7-17(26)12-15)13-28-23(29)18-8-1-2-9-19(18)24(28)30/h1-12,22,27H,13H2. The highest BCUT2D eigenvalue weighted by molar-refractivity contribution is 9.11. The molecule has 0 spiro atoms. The Morgan fingerprint density at radius 2 is 1.77 bits per heavy atom. The number of nitrogens with one attached hydrogen (secondary N) is 1. The highest BCUT2D eigenvalue weighted by Gasteiger charge is 2.36. The average Bonchev–Trinajstić information content (AvgIpc) is 2.99. The number of carbonyl (C=O) groups excluding carboxylic acids is 2. The SMILES string of the molecule is O=C1c2ccccc2C(=O)N1CC1=C(c2cccc(F)c2)NC2C(Br)=CC=CC2=C1. The monoisotopic (exact) mass is 462 g/mol. The third-order valence-electron chi connectivity index (χ3n) is 5.42. The van der Waals surface area contributed by atoms with Crippen molar-refractivity contribution in [2.45, 2.75) is 6.04 Å². The minimum absolute atomic E-state index is 0.0938. The number of dihydropyridines is 1. The number of hydrogen-bond acceptors (Lipinski definition) is 3. The highest BCUT2D eigenvalue weighted by Crippen LogP contribution is 2.34. The number of benzene rings is 2. The van der Waals surface area contributed by atoms with Crippen molar-refractivity contribution in [3.05, 3.63) is 111 Å². The second-order valence-electron chi connectivity index (χ2n) is 7.28. The van der Waals surface area contributed by atoms with Gasteiger partial charge in [0.25, 0.3) is 11.8 Å². The molecule has 1 aliphatic carbocycles. The molecule has 5 rings (SSSR count). The van der Waals surface area contributed by atoms with E-state index in [1.54, 1.807) is 30.3 Å². The van der Waals surface area contributed by atoms with Crippen LogP contribution in [0.15, 0.2) is 88.5 Å². The zero-order valence-corrected chi connectivity index (χ0v) is 17.3. The van der Waals surface area contributed by atoms with E-state index in [2.05, 4.69) is 21.2 Å². The molecule has 1 atom stereocenters. The van der Waals surface area contributed by atoms with Gasteiger partial charge in [-0.25, -0.2) is 4.39 Å². The summed E-state index contributed by atoms with van der Waals surface area (Å²) < 4.78 is 14.9. The maximum atomic E-state index is 14.0. The van der Waals surface area contributed by atoms with Gasteiger partial charge in [-0.3, -0.25) is 14.5 Å². The predicted molar refractivity (Wildman–Crippen MR) is 116 cm³/mol. The van der Waals surface area contributed by atoms with Gasteiger partial charge in [0.1, 0.15) is 5.82 Å². The van der Waals surface area contributed by atoms with E-state index in [-0.39, 0.29) is 30.2 Å². The Labute approximate surface area is 181 Å². The Morgan fingerprint density at radius 1 is 1.03 bits per heavy atom. The number of halogens is 2. The molecule has 0 aromatic heterocycles. The number of rotatable bonds is 3. The first kappa shape index (κ1) is 18.8. The molecule has 30 heavy (non-hydrogen) atoms. The number of nitrogens with zero attached hydrogens (tertiary/aromatic N) is 1.